The quantitative estimate of drug-likeness (QED) is 0.490. The molecule has 2 aromatic carbocycles. The van der Waals surface area contributed by atoms with Crippen molar-refractivity contribution >= 4 is 33.9 Å². The van der Waals surface area contributed by atoms with Gasteiger partial charge in [0, 0.05) is 46.5 Å². The average Bonchev–Trinajstić information content (AvgIpc) is 2.78. The Morgan fingerprint density at radius 3 is 2.77 bits per heavy atom. The van der Waals surface area contributed by atoms with Crippen molar-refractivity contribution in [3.05, 3.63) is 87.7 Å². The van der Waals surface area contributed by atoms with Gasteiger partial charge in [0.25, 0.3) is 5.56 Å². The number of aromatic nitrogens is 2. The van der Waals surface area contributed by atoms with Gasteiger partial charge in [-0.1, -0.05) is 29.8 Å². The molecule has 2 aromatic heterocycles. The van der Waals surface area contributed by atoms with E-state index in [-0.39, 0.29) is 16.7 Å². The number of benzene rings is 2. The van der Waals surface area contributed by atoms with Gasteiger partial charge < -0.3 is 5.32 Å². The van der Waals surface area contributed by atoms with Gasteiger partial charge in [0.1, 0.15) is 5.82 Å². The summed E-state index contributed by atoms with van der Waals surface area (Å²) < 4.78 is 16.4. The zero-order chi connectivity index (χ0) is 21.5. The molecule has 1 aliphatic heterocycles. The van der Waals surface area contributed by atoms with Crippen molar-refractivity contribution < 1.29 is 4.39 Å². The van der Waals surface area contributed by atoms with Crippen LogP contribution in [-0.4, -0.2) is 28.0 Å². The lowest BCUT2D eigenvalue weighted by atomic mass is 10.0. The molecule has 0 saturated heterocycles. The molecule has 1 aliphatic rings. The van der Waals surface area contributed by atoms with Crippen molar-refractivity contribution in [1.29, 1.82) is 0 Å². The first-order chi connectivity index (χ1) is 15.0. The van der Waals surface area contributed by atoms with Crippen molar-refractivity contribution in [2.24, 2.45) is 0 Å². The highest BCUT2D eigenvalue weighted by Crippen LogP contribution is 2.32. The van der Waals surface area contributed by atoms with Crippen LogP contribution in [0.3, 0.4) is 0 Å². The largest absolute Gasteiger partial charge is 0.353 e. The molecule has 0 aliphatic carbocycles. The Morgan fingerprint density at radius 1 is 1.06 bits per heavy atom. The van der Waals surface area contributed by atoms with Crippen LogP contribution in [0.25, 0.3) is 22.0 Å². The number of pyridine rings is 2. The molecule has 0 radical (unpaired) electrons. The van der Waals surface area contributed by atoms with Crippen LogP contribution < -0.4 is 10.9 Å². The maximum Gasteiger partial charge on any atom is 0.259 e. The van der Waals surface area contributed by atoms with Crippen molar-refractivity contribution in [2.75, 3.05) is 18.9 Å². The van der Waals surface area contributed by atoms with Crippen LogP contribution in [0.2, 0.25) is 5.02 Å². The summed E-state index contributed by atoms with van der Waals surface area (Å²) in [4.78, 5) is 19.8. The summed E-state index contributed by atoms with van der Waals surface area (Å²) >= 11 is 6.11. The minimum absolute atomic E-state index is 0.198. The summed E-state index contributed by atoms with van der Waals surface area (Å²) in [6, 6.07) is 15.8. The van der Waals surface area contributed by atoms with E-state index < -0.39 is 5.82 Å². The number of halogens is 2. The first-order valence-electron chi connectivity index (χ1n) is 10.0. The predicted molar refractivity (Wildman–Crippen MR) is 122 cm³/mol. The van der Waals surface area contributed by atoms with Gasteiger partial charge >= 0.3 is 0 Å². The van der Waals surface area contributed by atoms with E-state index in [1.807, 2.05) is 37.4 Å². The Labute approximate surface area is 183 Å². The Morgan fingerprint density at radius 2 is 1.90 bits per heavy atom. The van der Waals surface area contributed by atoms with Crippen LogP contribution in [-0.2, 0) is 13.1 Å². The van der Waals surface area contributed by atoms with Crippen LogP contribution in [0, 0.1) is 5.82 Å². The van der Waals surface area contributed by atoms with Crippen LogP contribution in [0.5, 0.6) is 0 Å². The van der Waals surface area contributed by atoms with Crippen LogP contribution in [0.1, 0.15) is 5.69 Å². The van der Waals surface area contributed by atoms with Crippen molar-refractivity contribution in [2.45, 2.75) is 13.1 Å². The second-order valence-electron chi connectivity index (χ2n) is 7.75. The Balaban J connectivity index is 1.72. The van der Waals surface area contributed by atoms with E-state index in [1.165, 1.54) is 18.2 Å². The number of likely N-dealkylation sites (N-methyl/N-ethyl adjacent to an activating group) is 1. The van der Waals surface area contributed by atoms with E-state index in [0.29, 0.717) is 18.1 Å². The number of anilines is 2. The monoisotopic (exact) mass is 434 g/mol. The highest BCUT2D eigenvalue weighted by Gasteiger charge is 2.22. The van der Waals surface area contributed by atoms with Gasteiger partial charge in [-0.2, -0.15) is 0 Å². The number of fused-ring (bicyclic) bond motifs is 2. The van der Waals surface area contributed by atoms with E-state index >= 15 is 0 Å². The molecule has 5 nitrogen and oxygen atoms in total. The Hall–Kier alpha value is -3.22. The number of rotatable bonds is 3. The summed E-state index contributed by atoms with van der Waals surface area (Å²) in [6.45, 7) is 1.27. The number of nitrogens with zero attached hydrogens (tertiary/aromatic N) is 3. The molecule has 0 unspecified atom stereocenters. The molecule has 3 heterocycles. The maximum absolute atomic E-state index is 14.7. The van der Waals surface area contributed by atoms with Gasteiger partial charge in [-0.3, -0.25) is 19.2 Å². The SMILES string of the molecule is CN1CCc2c(Nc3ccnc4ccccc34)cc(-c3cc(Cl)ccc3F)c(=O)n2C1. The van der Waals surface area contributed by atoms with Gasteiger partial charge in [0.2, 0.25) is 0 Å². The molecule has 0 amide bonds. The second-order valence-corrected chi connectivity index (χ2v) is 8.18. The van der Waals surface area contributed by atoms with Crippen LogP contribution in [0.15, 0.2) is 65.6 Å². The third kappa shape index (κ3) is 3.58. The number of nitrogens with one attached hydrogen (secondary N) is 1. The molecule has 31 heavy (non-hydrogen) atoms. The fourth-order valence-electron chi connectivity index (χ4n) is 4.09. The number of para-hydroxylation sites is 1. The molecule has 0 spiro atoms. The summed E-state index contributed by atoms with van der Waals surface area (Å²) in [5, 5.41) is 4.84. The lowest BCUT2D eigenvalue weighted by Crippen LogP contribution is -2.39. The van der Waals surface area contributed by atoms with Crippen LogP contribution >= 0.6 is 11.6 Å². The predicted octanol–water partition coefficient (Wildman–Crippen LogP) is 5.05. The van der Waals surface area contributed by atoms with Gasteiger partial charge in [0.05, 0.1) is 23.4 Å². The van der Waals surface area contributed by atoms with E-state index in [4.69, 9.17) is 11.6 Å². The molecule has 1 N–H and O–H groups in total. The minimum Gasteiger partial charge on any atom is -0.353 e. The molecule has 4 aromatic rings. The third-order valence-corrected chi connectivity index (χ3v) is 5.89. The molecular weight excluding hydrogens is 415 g/mol. The normalized spacial score (nSPS) is 13.9. The molecule has 0 bridgehead atoms. The molecule has 0 fully saturated rings. The summed E-state index contributed by atoms with van der Waals surface area (Å²) in [7, 11) is 1.96. The first kappa shape index (κ1) is 19.7. The molecule has 156 valence electrons. The lowest BCUT2D eigenvalue weighted by Gasteiger charge is -2.29. The van der Waals surface area contributed by atoms with Gasteiger partial charge in [-0.25, -0.2) is 4.39 Å². The maximum atomic E-state index is 14.7. The molecule has 7 heteroatoms. The van der Waals surface area contributed by atoms with Crippen LogP contribution in [0.4, 0.5) is 15.8 Å². The molecule has 5 rings (SSSR count). The summed E-state index contributed by atoms with van der Waals surface area (Å²) in [5.41, 5.74) is 3.67. The molecule has 0 atom stereocenters. The summed E-state index contributed by atoms with van der Waals surface area (Å²) in [6.07, 6.45) is 2.45. The highest BCUT2D eigenvalue weighted by molar-refractivity contribution is 6.30. The van der Waals surface area contributed by atoms with Crippen molar-refractivity contribution in [3.8, 4) is 11.1 Å². The zero-order valence-electron chi connectivity index (χ0n) is 16.9. The van der Waals surface area contributed by atoms with E-state index in [9.17, 15) is 9.18 Å². The zero-order valence-corrected chi connectivity index (χ0v) is 17.7. The number of hydrogen-bond donors (Lipinski definition) is 1. The highest BCUT2D eigenvalue weighted by atomic mass is 35.5. The first-order valence-corrected chi connectivity index (χ1v) is 10.4. The molecular formula is C24H20ClFN4O. The fourth-order valence-corrected chi connectivity index (χ4v) is 4.26. The average molecular weight is 435 g/mol. The Kier molecular flexibility index (Phi) is 4.96. The standard InChI is InChI=1S/C24H20ClFN4O/c1-29-11-9-23-22(28-21-8-10-27-20-5-3-2-4-16(20)21)13-18(24(31)30(23)14-29)17-12-15(25)6-7-19(17)26/h2-8,10,12-13H,9,11,14H2,1H3,(H,27,28). The van der Waals surface area contributed by atoms with Gasteiger partial charge in [-0.05, 0) is 43.4 Å². The topological polar surface area (TPSA) is 50.2 Å². The van der Waals surface area contributed by atoms with E-state index in [1.54, 1.807) is 16.8 Å². The van der Waals surface area contributed by atoms with Crippen molar-refractivity contribution in [1.82, 2.24) is 14.5 Å². The minimum atomic E-state index is -0.480. The molecule has 0 saturated carbocycles. The van der Waals surface area contributed by atoms with E-state index in [2.05, 4.69) is 15.2 Å². The van der Waals surface area contributed by atoms with Gasteiger partial charge in [-0.15, -0.1) is 0 Å². The second kappa shape index (κ2) is 7.80. The van der Waals surface area contributed by atoms with E-state index in [0.717, 1.165) is 34.5 Å². The lowest BCUT2D eigenvalue weighted by molar-refractivity contribution is 0.235. The number of hydrogen-bond acceptors (Lipinski definition) is 4. The van der Waals surface area contributed by atoms with Crippen molar-refractivity contribution in [3.63, 3.8) is 0 Å². The smallest absolute Gasteiger partial charge is 0.259 e. The third-order valence-electron chi connectivity index (χ3n) is 5.65. The Bertz CT molecular complexity index is 1360. The summed E-state index contributed by atoms with van der Waals surface area (Å²) in [5.74, 6) is -0.480. The van der Waals surface area contributed by atoms with Gasteiger partial charge in [0.15, 0.2) is 0 Å². The fraction of sp³-hybridized carbons (Fsp3) is 0.167.